The van der Waals surface area contributed by atoms with E-state index in [0.717, 1.165) is 38.9 Å². The first kappa shape index (κ1) is 17.7. The number of benzene rings is 2. The molecular weight excluding hydrogens is 350 g/mol. The summed E-state index contributed by atoms with van der Waals surface area (Å²) < 4.78 is 0. The van der Waals surface area contributed by atoms with Gasteiger partial charge in [0, 0.05) is 38.1 Å². The Balaban J connectivity index is 1.29. The van der Waals surface area contributed by atoms with Crippen LogP contribution >= 0.6 is 0 Å². The van der Waals surface area contributed by atoms with Crippen LogP contribution in [0.1, 0.15) is 30.7 Å². The van der Waals surface area contributed by atoms with Crippen molar-refractivity contribution in [3.63, 3.8) is 0 Å². The SMILES string of the molecule is O=C(C1CC1c1cccc2ccccc12)N1CCCC(N2CCNCC2=O)C1. The number of amides is 2. The molecule has 0 bridgehead atoms. The molecule has 1 saturated carbocycles. The van der Waals surface area contributed by atoms with Crippen LogP contribution in [0.5, 0.6) is 0 Å². The predicted octanol–water partition coefficient (Wildman–Crippen LogP) is 2.37. The molecule has 2 aromatic rings. The Morgan fingerprint density at radius 2 is 1.93 bits per heavy atom. The topological polar surface area (TPSA) is 52.7 Å². The fourth-order valence-corrected chi connectivity index (χ4v) is 5.04. The third-order valence-corrected chi connectivity index (χ3v) is 6.61. The van der Waals surface area contributed by atoms with E-state index in [1.54, 1.807) is 0 Å². The zero-order valence-electron chi connectivity index (χ0n) is 16.1. The molecule has 1 aliphatic carbocycles. The number of fused-ring (bicyclic) bond motifs is 1. The zero-order chi connectivity index (χ0) is 19.1. The number of carbonyl (C=O) groups is 2. The second-order valence-corrected chi connectivity index (χ2v) is 8.36. The van der Waals surface area contributed by atoms with Crippen LogP contribution < -0.4 is 5.32 Å². The van der Waals surface area contributed by atoms with Gasteiger partial charge in [0.2, 0.25) is 11.8 Å². The largest absolute Gasteiger partial charge is 0.340 e. The molecule has 5 rings (SSSR count). The third kappa shape index (κ3) is 3.18. The molecule has 2 saturated heterocycles. The Bertz CT molecular complexity index is 906. The van der Waals surface area contributed by atoms with Crippen molar-refractivity contribution in [1.29, 1.82) is 0 Å². The van der Waals surface area contributed by atoms with Gasteiger partial charge in [0.1, 0.15) is 0 Å². The highest BCUT2D eigenvalue weighted by Crippen LogP contribution is 2.50. The Hall–Kier alpha value is -2.40. The molecular formula is C23H27N3O2. The van der Waals surface area contributed by atoms with E-state index in [4.69, 9.17) is 0 Å². The van der Waals surface area contributed by atoms with Crippen LogP contribution in [0.25, 0.3) is 10.8 Å². The Morgan fingerprint density at radius 1 is 1.07 bits per heavy atom. The number of likely N-dealkylation sites (tertiary alicyclic amines) is 1. The maximum atomic E-state index is 13.2. The van der Waals surface area contributed by atoms with Gasteiger partial charge in [-0.15, -0.1) is 0 Å². The third-order valence-electron chi connectivity index (χ3n) is 6.61. The number of hydrogen-bond donors (Lipinski definition) is 1. The van der Waals surface area contributed by atoms with Gasteiger partial charge in [-0.2, -0.15) is 0 Å². The molecule has 0 radical (unpaired) electrons. The maximum Gasteiger partial charge on any atom is 0.236 e. The maximum absolute atomic E-state index is 13.2. The summed E-state index contributed by atoms with van der Waals surface area (Å²) in [6, 6.07) is 15.0. The van der Waals surface area contributed by atoms with Crippen LogP contribution in [-0.4, -0.2) is 60.4 Å². The summed E-state index contributed by atoms with van der Waals surface area (Å²) >= 11 is 0. The number of carbonyl (C=O) groups excluding carboxylic acids is 2. The summed E-state index contributed by atoms with van der Waals surface area (Å²) in [6.07, 6.45) is 2.94. The van der Waals surface area contributed by atoms with E-state index in [0.29, 0.717) is 19.0 Å². The molecule has 5 heteroatoms. The minimum Gasteiger partial charge on any atom is -0.340 e. The summed E-state index contributed by atoms with van der Waals surface area (Å²) in [4.78, 5) is 29.5. The van der Waals surface area contributed by atoms with Gasteiger partial charge in [-0.25, -0.2) is 0 Å². The van der Waals surface area contributed by atoms with E-state index in [-0.39, 0.29) is 23.8 Å². The van der Waals surface area contributed by atoms with Crippen LogP contribution in [0.3, 0.4) is 0 Å². The quantitative estimate of drug-likeness (QED) is 0.894. The van der Waals surface area contributed by atoms with E-state index in [9.17, 15) is 9.59 Å². The van der Waals surface area contributed by atoms with Crippen molar-refractivity contribution in [2.75, 3.05) is 32.7 Å². The van der Waals surface area contributed by atoms with E-state index < -0.39 is 0 Å². The molecule has 3 fully saturated rings. The smallest absolute Gasteiger partial charge is 0.236 e. The first-order valence-electron chi connectivity index (χ1n) is 10.5. The Labute approximate surface area is 165 Å². The van der Waals surface area contributed by atoms with Gasteiger partial charge in [0.05, 0.1) is 6.54 Å². The highest BCUT2D eigenvalue weighted by molar-refractivity contribution is 5.89. The molecule has 1 N–H and O–H groups in total. The van der Waals surface area contributed by atoms with Gasteiger partial charge in [-0.1, -0.05) is 42.5 Å². The lowest BCUT2D eigenvalue weighted by atomic mass is 9.99. The number of piperidine rings is 1. The lowest BCUT2D eigenvalue weighted by molar-refractivity contribution is -0.141. The zero-order valence-corrected chi connectivity index (χ0v) is 16.1. The lowest BCUT2D eigenvalue weighted by Gasteiger charge is -2.41. The van der Waals surface area contributed by atoms with Crippen LogP contribution in [-0.2, 0) is 9.59 Å². The van der Waals surface area contributed by atoms with Crippen molar-refractivity contribution in [2.24, 2.45) is 5.92 Å². The van der Waals surface area contributed by atoms with Gasteiger partial charge in [0.15, 0.2) is 0 Å². The summed E-state index contributed by atoms with van der Waals surface area (Å²) in [5, 5.41) is 5.65. The number of nitrogens with one attached hydrogen (secondary N) is 1. The first-order chi connectivity index (χ1) is 13.7. The molecule has 3 atom stereocenters. The number of hydrogen-bond acceptors (Lipinski definition) is 3. The highest BCUT2D eigenvalue weighted by atomic mass is 16.2. The fraction of sp³-hybridized carbons (Fsp3) is 0.478. The standard InChI is InChI=1S/C23H27N3O2/c27-22-14-24-10-12-26(22)17-7-4-11-25(15-17)23(28)21-13-20(21)19-9-3-6-16-5-1-2-8-18(16)19/h1-3,5-6,8-9,17,20-21,24H,4,7,10-15H2. The molecule has 0 spiro atoms. The van der Waals surface area contributed by atoms with E-state index >= 15 is 0 Å². The average Bonchev–Trinajstić information content (AvgIpc) is 3.54. The van der Waals surface area contributed by atoms with Gasteiger partial charge >= 0.3 is 0 Å². The van der Waals surface area contributed by atoms with E-state index in [1.165, 1.54) is 16.3 Å². The van der Waals surface area contributed by atoms with Crippen molar-refractivity contribution in [2.45, 2.75) is 31.2 Å². The van der Waals surface area contributed by atoms with Crippen LogP contribution in [0.2, 0.25) is 0 Å². The van der Waals surface area contributed by atoms with Gasteiger partial charge < -0.3 is 15.1 Å². The first-order valence-corrected chi connectivity index (χ1v) is 10.5. The molecule has 146 valence electrons. The van der Waals surface area contributed by atoms with Crippen molar-refractivity contribution in [1.82, 2.24) is 15.1 Å². The van der Waals surface area contributed by atoms with Crippen LogP contribution in [0.15, 0.2) is 42.5 Å². The van der Waals surface area contributed by atoms with E-state index in [1.807, 2.05) is 9.80 Å². The second kappa shape index (κ2) is 7.21. The molecule has 2 aromatic carbocycles. The fourth-order valence-electron chi connectivity index (χ4n) is 5.04. The predicted molar refractivity (Wildman–Crippen MR) is 109 cm³/mol. The minimum atomic E-state index is 0.100. The molecule has 3 unspecified atom stereocenters. The van der Waals surface area contributed by atoms with Gasteiger partial charge in [0.25, 0.3) is 0 Å². The lowest BCUT2D eigenvalue weighted by Crippen LogP contribution is -2.57. The number of nitrogens with zero attached hydrogens (tertiary/aromatic N) is 2. The molecule has 2 heterocycles. The summed E-state index contributed by atoms with van der Waals surface area (Å²) in [6.45, 7) is 3.56. The van der Waals surface area contributed by atoms with Gasteiger partial charge in [-0.05, 0) is 41.5 Å². The molecule has 3 aliphatic rings. The Morgan fingerprint density at radius 3 is 2.82 bits per heavy atom. The normalized spacial score (nSPS) is 27.9. The monoisotopic (exact) mass is 377 g/mol. The molecule has 0 aromatic heterocycles. The summed E-state index contributed by atoms with van der Waals surface area (Å²) in [5.74, 6) is 0.888. The number of piperazine rings is 1. The molecule has 5 nitrogen and oxygen atoms in total. The second-order valence-electron chi connectivity index (χ2n) is 8.36. The van der Waals surface area contributed by atoms with Crippen LogP contribution in [0.4, 0.5) is 0 Å². The summed E-state index contributed by atoms with van der Waals surface area (Å²) in [7, 11) is 0. The molecule has 2 amide bonds. The molecule has 28 heavy (non-hydrogen) atoms. The van der Waals surface area contributed by atoms with Gasteiger partial charge in [-0.3, -0.25) is 9.59 Å². The Kier molecular flexibility index (Phi) is 4.55. The van der Waals surface area contributed by atoms with Crippen molar-refractivity contribution >= 4 is 22.6 Å². The highest BCUT2D eigenvalue weighted by Gasteiger charge is 2.47. The number of rotatable bonds is 3. The minimum absolute atomic E-state index is 0.100. The molecule has 2 aliphatic heterocycles. The van der Waals surface area contributed by atoms with Crippen LogP contribution in [0, 0.1) is 5.92 Å². The summed E-state index contributed by atoms with van der Waals surface area (Å²) in [5.41, 5.74) is 1.31. The van der Waals surface area contributed by atoms with Crippen molar-refractivity contribution in [3.8, 4) is 0 Å². The average molecular weight is 377 g/mol. The van der Waals surface area contributed by atoms with Crippen molar-refractivity contribution in [3.05, 3.63) is 48.0 Å². The van der Waals surface area contributed by atoms with E-state index in [2.05, 4.69) is 47.8 Å². The van der Waals surface area contributed by atoms with Crippen molar-refractivity contribution < 1.29 is 9.59 Å².